The lowest BCUT2D eigenvalue weighted by Gasteiger charge is -2.36. The topological polar surface area (TPSA) is 118 Å². The van der Waals surface area contributed by atoms with E-state index < -0.39 is 17.5 Å². The number of fused-ring (bicyclic) bond motifs is 2. The summed E-state index contributed by atoms with van der Waals surface area (Å²) in [6.45, 7) is 6.98. The predicted molar refractivity (Wildman–Crippen MR) is 140 cm³/mol. The Labute approximate surface area is 218 Å². The molecule has 2 unspecified atom stereocenters. The first-order chi connectivity index (χ1) is 18.3. The molecule has 1 fully saturated rings. The van der Waals surface area contributed by atoms with Crippen LogP contribution in [0.1, 0.15) is 31.9 Å². The van der Waals surface area contributed by atoms with Gasteiger partial charge in [0, 0.05) is 35.8 Å². The van der Waals surface area contributed by atoms with Gasteiger partial charge in [0.2, 0.25) is 5.91 Å². The second-order valence-electron chi connectivity index (χ2n) is 10.2. The molecule has 1 amide bonds. The van der Waals surface area contributed by atoms with Gasteiger partial charge in [0.25, 0.3) is 0 Å². The standard InChI is InChI=1S/C27H27FN8O2/c1-15-26(38)30-11-12-35(15)25-20-22(31-19(14-37)27(20,2)3)32-23(33-25)21-17-8-6-10-29-24(17)36(34-21)13-16-7-4-5-9-18(16)28/h4-10,14-15,19H,11-13H2,1-3H3,(H,30,38)(H,31,32,33). The number of carbonyl (C=O) groups excluding carboxylic acids is 2. The number of benzene rings is 1. The van der Waals surface area contributed by atoms with E-state index in [0.717, 1.165) is 11.8 Å². The molecule has 2 atom stereocenters. The number of pyridine rings is 1. The van der Waals surface area contributed by atoms with Gasteiger partial charge in [-0.3, -0.25) is 4.79 Å². The molecule has 2 N–H and O–H groups in total. The van der Waals surface area contributed by atoms with Gasteiger partial charge in [0.15, 0.2) is 11.5 Å². The van der Waals surface area contributed by atoms with Crippen LogP contribution in [0, 0.1) is 5.82 Å². The number of aldehydes is 1. The minimum Gasteiger partial charge on any atom is -0.359 e. The third-order valence-electron chi connectivity index (χ3n) is 7.51. The molecule has 10 nitrogen and oxygen atoms in total. The van der Waals surface area contributed by atoms with Gasteiger partial charge in [0.1, 0.15) is 35.5 Å². The maximum atomic E-state index is 14.5. The maximum absolute atomic E-state index is 14.5. The normalized spacial score (nSPS) is 20.2. The fraction of sp³-hybridized carbons (Fsp3) is 0.333. The fourth-order valence-electron chi connectivity index (χ4n) is 5.29. The van der Waals surface area contributed by atoms with Crippen LogP contribution in [-0.4, -0.2) is 62.1 Å². The molecule has 1 aromatic carbocycles. The number of anilines is 2. The average Bonchev–Trinajstić information content (AvgIpc) is 3.40. The molecule has 38 heavy (non-hydrogen) atoms. The molecule has 0 spiro atoms. The number of hydrogen-bond acceptors (Lipinski definition) is 8. The van der Waals surface area contributed by atoms with E-state index in [2.05, 4.69) is 15.6 Å². The van der Waals surface area contributed by atoms with Crippen molar-refractivity contribution in [1.29, 1.82) is 0 Å². The number of carbonyl (C=O) groups is 2. The Morgan fingerprint density at radius 2 is 2.00 bits per heavy atom. The Balaban J connectivity index is 1.54. The molecule has 5 heterocycles. The number of hydrogen-bond donors (Lipinski definition) is 2. The number of nitrogens with one attached hydrogen (secondary N) is 2. The van der Waals surface area contributed by atoms with Crippen molar-refractivity contribution in [2.24, 2.45) is 0 Å². The van der Waals surface area contributed by atoms with Crippen molar-refractivity contribution >= 4 is 34.9 Å². The number of halogens is 1. The molecular weight excluding hydrogens is 487 g/mol. The number of aromatic nitrogens is 5. The molecule has 0 saturated carbocycles. The average molecular weight is 515 g/mol. The fourth-order valence-corrected chi connectivity index (χ4v) is 5.29. The predicted octanol–water partition coefficient (Wildman–Crippen LogP) is 2.67. The molecule has 194 valence electrons. The molecule has 0 bridgehead atoms. The Hall–Kier alpha value is -4.41. The van der Waals surface area contributed by atoms with Gasteiger partial charge < -0.3 is 20.3 Å². The molecular formula is C27H27FN8O2. The van der Waals surface area contributed by atoms with Crippen LogP contribution in [-0.2, 0) is 21.5 Å². The highest BCUT2D eigenvalue weighted by molar-refractivity contribution is 5.91. The Morgan fingerprint density at radius 1 is 1.18 bits per heavy atom. The largest absolute Gasteiger partial charge is 0.359 e. The first-order valence-electron chi connectivity index (χ1n) is 12.5. The lowest BCUT2D eigenvalue weighted by molar-refractivity contribution is -0.122. The van der Waals surface area contributed by atoms with Crippen molar-refractivity contribution in [3.05, 3.63) is 59.5 Å². The van der Waals surface area contributed by atoms with Crippen LogP contribution in [0.15, 0.2) is 42.6 Å². The van der Waals surface area contributed by atoms with Crippen LogP contribution >= 0.6 is 0 Å². The molecule has 2 aliphatic rings. The summed E-state index contributed by atoms with van der Waals surface area (Å²) >= 11 is 0. The number of piperazine rings is 1. The van der Waals surface area contributed by atoms with Crippen LogP contribution in [0.2, 0.25) is 0 Å². The second kappa shape index (κ2) is 8.86. The third kappa shape index (κ3) is 3.68. The second-order valence-corrected chi connectivity index (χ2v) is 10.2. The highest BCUT2D eigenvalue weighted by Gasteiger charge is 2.45. The van der Waals surface area contributed by atoms with Gasteiger partial charge >= 0.3 is 0 Å². The van der Waals surface area contributed by atoms with Crippen molar-refractivity contribution < 1.29 is 14.0 Å². The summed E-state index contributed by atoms with van der Waals surface area (Å²) in [6, 6.07) is 9.26. The molecule has 2 aliphatic heterocycles. The molecule has 1 saturated heterocycles. The summed E-state index contributed by atoms with van der Waals surface area (Å²) in [4.78, 5) is 40.8. The smallest absolute Gasteiger partial charge is 0.242 e. The van der Waals surface area contributed by atoms with Crippen molar-refractivity contribution in [2.45, 2.75) is 44.8 Å². The highest BCUT2D eigenvalue weighted by atomic mass is 19.1. The molecule has 3 aromatic heterocycles. The zero-order valence-corrected chi connectivity index (χ0v) is 21.3. The van der Waals surface area contributed by atoms with Crippen LogP contribution in [0.3, 0.4) is 0 Å². The van der Waals surface area contributed by atoms with Crippen molar-refractivity contribution in [3.8, 4) is 11.5 Å². The SMILES string of the molecule is CC1C(=O)NCCN1c1nc(-c2nn(Cc3ccccc3F)c3ncccc23)nc2c1C(C)(C)C(C=O)N2. The molecule has 0 aliphatic carbocycles. The van der Waals surface area contributed by atoms with Crippen molar-refractivity contribution in [2.75, 3.05) is 23.3 Å². The van der Waals surface area contributed by atoms with Crippen molar-refractivity contribution in [1.82, 2.24) is 30.0 Å². The minimum atomic E-state index is -0.605. The van der Waals surface area contributed by atoms with Gasteiger partial charge in [-0.2, -0.15) is 5.10 Å². The molecule has 4 aromatic rings. The molecule has 11 heteroatoms. The zero-order valence-electron chi connectivity index (χ0n) is 21.3. The van der Waals surface area contributed by atoms with E-state index in [-0.39, 0.29) is 18.3 Å². The van der Waals surface area contributed by atoms with Crippen LogP contribution in [0.5, 0.6) is 0 Å². The lowest BCUT2D eigenvalue weighted by Crippen LogP contribution is -2.54. The number of amides is 1. The van der Waals surface area contributed by atoms with Crippen LogP contribution in [0.25, 0.3) is 22.6 Å². The summed E-state index contributed by atoms with van der Waals surface area (Å²) in [7, 11) is 0. The van der Waals surface area contributed by atoms with Gasteiger partial charge in [-0.25, -0.2) is 24.0 Å². The van der Waals surface area contributed by atoms with Gasteiger partial charge in [0.05, 0.1) is 18.0 Å². The van der Waals surface area contributed by atoms with Gasteiger partial charge in [-0.15, -0.1) is 0 Å². The van der Waals surface area contributed by atoms with E-state index in [1.54, 1.807) is 35.1 Å². The van der Waals surface area contributed by atoms with E-state index in [4.69, 9.17) is 15.1 Å². The maximum Gasteiger partial charge on any atom is 0.242 e. The highest BCUT2D eigenvalue weighted by Crippen LogP contribution is 2.45. The minimum absolute atomic E-state index is 0.0929. The Kier molecular flexibility index (Phi) is 5.59. The summed E-state index contributed by atoms with van der Waals surface area (Å²) in [5, 5.41) is 11.6. The van der Waals surface area contributed by atoms with E-state index in [9.17, 15) is 14.0 Å². The van der Waals surface area contributed by atoms with Gasteiger partial charge in [-0.05, 0) is 25.1 Å². The zero-order chi connectivity index (χ0) is 26.6. The van der Waals surface area contributed by atoms with Gasteiger partial charge in [-0.1, -0.05) is 32.0 Å². The number of nitrogens with zero attached hydrogens (tertiary/aromatic N) is 6. The van der Waals surface area contributed by atoms with E-state index in [0.29, 0.717) is 52.8 Å². The Morgan fingerprint density at radius 3 is 2.79 bits per heavy atom. The quantitative estimate of drug-likeness (QED) is 0.391. The van der Waals surface area contributed by atoms with Crippen LogP contribution < -0.4 is 15.5 Å². The number of rotatable bonds is 5. The summed E-state index contributed by atoms with van der Waals surface area (Å²) in [5.74, 6) is 1.04. The molecule has 6 rings (SSSR count). The summed E-state index contributed by atoms with van der Waals surface area (Å²) in [5.41, 5.74) is 1.72. The lowest BCUT2D eigenvalue weighted by atomic mass is 9.81. The third-order valence-corrected chi connectivity index (χ3v) is 7.51. The van der Waals surface area contributed by atoms with E-state index >= 15 is 0 Å². The van der Waals surface area contributed by atoms with E-state index in [1.807, 2.05) is 31.7 Å². The first kappa shape index (κ1) is 24.0. The van der Waals surface area contributed by atoms with Crippen LogP contribution in [0.4, 0.5) is 16.0 Å². The van der Waals surface area contributed by atoms with Crippen molar-refractivity contribution in [3.63, 3.8) is 0 Å². The van der Waals surface area contributed by atoms with E-state index in [1.165, 1.54) is 6.07 Å². The Bertz CT molecular complexity index is 1580. The first-order valence-corrected chi connectivity index (χ1v) is 12.5. The molecule has 0 radical (unpaired) electrons. The summed E-state index contributed by atoms with van der Waals surface area (Å²) < 4.78 is 16.1. The monoisotopic (exact) mass is 514 g/mol. The summed E-state index contributed by atoms with van der Waals surface area (Å²) in [6.07, 6.45) is 2.54.